The van der Waals surface area contributed by atoms with Gasteiger partial charge in [-0.3, -0.25) is 0 Å². The number of halogens is 1. The Morgan fingerprint density at radius 3 is 2.59 bits per heavy atom. The molecule has 0 radical (unpaired) electrons. The summed E-state index contributed by atoms with van der Waals surface area (Å²) in [5.74, 6) is -1.24. The van der Waals surface area contributed by atoms with Crippen molar-refractivity contribution in [2.75, 3.05) is 5.73 Å². The monoisotopic (exact) mass is 250 g/mol. The van der Waals surface area contributed by atoms with E-state index in [9.17, 15) is 4.79 Å². The number of pyridine rings is 1. The van der Waals surface area contributed by atoms with E-state index in [-0.39, 0.29) is 16.4 Å². The maximum absolute atomic E-state index is 10.9. The summed E-state index contributed by atoms with van der Waals surface area (Å²) in [4.78, 5) is 22.5. The number of rotatable bonds is 2. The van der Waals surface area contributed by atoms with Gasteiger partial charge in [-0.1, -0.05) is 11.6 Å². The van der Waals surface area contributed by atoms with E-state index in [1.54, 1.807) is 0 Å². The first-order chi connectivity index (χ1) is 8.09. The highest BCUT2D eigenvalue weighted by Crippen LogP contribution is 2.27. The number of anilines is 1. The zero-order valence-electron chi connectivity index (χ0n) is 8.46. The van der Waals surface area contributed by atoms with Crippen molar-refractivity contribution in [2.24, 2.45) is 0 Å². The van der Waals surface area contributed by atoms with Crippen molar-refractivity contribution < 1.29 is 9.90 Å². The number of carboxylic acid groups (broad SMARTS) is 1. The Morgan fingerprint density at radius 2 is 2.00 bits per heavy atom. The molecule has 0 amide bonds. The van der Waals surface area contributed by atoms with E-state index >= 15 is 0 Å². The summed E-state index contributed by atoms with van der Waals surface area (Å²) in [6, 6.07) is 1.48. The molecule has 0 atom stereocenters. The summed E-state index contributed by atoms with van der Waals surface area (Å²) in [6.07, 6.45) is 4.38. The van der Waals surface area contributed by atoms with Crippen LogP contribution >= 0.6 is 11.6 Å². The number of hydrogen-bond donors (Lipinski definition) is 2. The van der Waals surface area contributed by atoms with Gasteiger partial charge >= 0.3 is 5.97 Å². The summed E-state index contributed by atoms with van der Waals surface area (Å²) >= 11 is 5.75. The summed E-state index contributed by atoms with van der Waals surface area (Å²) in [5, 5.41) is 8.86. The van der Waals surface area contributed by atoms with Crippen molar-refractivity contribution in [3.05, 3.63) is 35.5 Å². The van der Waals surface area contributed by atoms with Gasteiger partial charge < -0.3 is 10.8 Å². The van der Waals surface area contributed by atoms with Crippen LogP contribution in [0, 0.1) is 0 Å². The van der Waals surface area contributed by atoms with Crippen LogP contribution in [0.2, 0.25) is 5.02 Å². The van der Waals surface area contributed by atoms with Crippen molar-refractivity contribution in [1.29, 1.82) is 0 Å². The maximum Gasteiger partial charge on any atom is 0.356 e. The highest BCUT2D eigenvalue weighted by atomic mass is 35.5. The lowest BCUT2D eigenvalue weighted by Gasteiger charge is -2.06. The molecule has 2 heterocycles. The molecule has 2 rings (SSSR count). The smallest absolute Gasteiger partial charge is 0.356 e. The quantitative estimate of drug-likeness (QED) is 0.837. The molecule has 2 aromatic heterocycles. The number of hydrogen-bond acceptors (Lipinski definition) is 5. The standard InChI is InChI=1S/C10H7ClN4O2/c11-8-6(12)1-7(15-9(8)10(16)17)5-2-13-4-14-3-5/h1-4H,(H2,12,15)(H,16,17). The van der Waals surface area contributed by atoms with Crippen molar-refractivity contribution in [2.45, 2.75) is 0 Å². The molecule has 3 N–H and O–H groups in total. The fourth-order valence-corrected chi connectivity index (χ4v) is 1.45. The van der Waals surface area contributed by atoms with Crippen molar-refractivity contribution in [3.63, 3.8) is 0 Å². The zero-order chi connectivity index (χ0) is 12.4. The van der Waals surface area contributed by atoms with Crippen LogP contribution in [0.4, 0.5) is 5.69 Å². The van der Waals surface area contributed by atoms with Gasteiger partial charge in [0.05, 0.1) is 16.4 Å². The van der Waals surface area contributed by atoms with Crippen molar-refractivity contribution >= 4 is 23.3 Å². The fraction of sp³-hybridized carbons (Fsp3) is 0. The van der Waals surface area contributed by atoms with Crippen molar-refractivity contribution in [3.8, 4) is 11.3 Å². The Balaban J connectivity index is 2.61. The Hall–Kier alpha value is -2.21. The number of nitrogens with two attached hydrogens (primary N) is 1. The molecule has 0 aliphatic carbocycles. The van der Waals surface area contributed by atoms with Gasteiger partial charge in [0.25, 0.3) is 0 Å². The predicted octanol–water partition coefficient (Wildman–Crippen LogP) is 1.47. The van der Waals surface area contributed by atoms with Crippen LogP contribution in [0.3, 0.4) is 0 Å². The molecule has 0 bridgehead atoms. The molecule has 0 unspecified atom stereocenters. The largest absolute Gasteiger partial charge is 0.476 e. The van der Waals surface area contributed by atoms with Gasteiger partial charge in [0.15, 0.2) is 5.69 Å². The highest BCUT2D eigenvalue weighted by molar-refractivity contribution is 6.35. The van der Waals surface area contributed by atoms with Gasteiger partial charge in [0, 0.05) is 18.0 Å². The van der Waals surface area contributed by atoms with Gasteiger partial charge in [0.2, 0.25) is 0 Å². The molecule has 17 heavy (non-hydrogen) atoms. The van der Waals surface area contributed by atoms with Gasteiger partial charge in [-0.25, -0.2) is 19.7 Å². The molecule has 2 aromatic rings. The molecule has 0 aliphatic heterocycles. The molecule has 86 valence electrons. The normalized spacial score (nSPS) is 10.2. The second-order valence-electron chi connectivity index (χ2n) is 3.19. The minimum Gasteiger partial charge on any atom is -0.476 e. The average molecular weight is 251 g/mol. The Kier molecular flexibility index (Phi) is 2.88. The second kappa shape index (κ2) is 4.34. The summed E-state index contributed by atoms with van der Waals surface area (Å²) in [7, 11) is 0. The molecule has 0 aromatic carbocycles. The lowest BCUT2D eigenvalue weighted by molar-refractivity contribution is 0.0691. The molecule has 0 fully saturated rings. The molecule has 0 spiro atoms. The minimum absolute atomic E-state index is 0.0712. The van der Waals surface area contributed by atoms with Crippen LogP contribution in [0.1, 0.15) is 10.5 Å². The summed E-state index contributed by atoms with van der Waals surface area (Å²) < 4.78 is 0. The van der Waals surface area contributed by atoms with Gasteiger partial charge in [-0.05, 0) is 6.07 Å². The SMILES string of the molecule is Nc1cc(-c2cncnc2)nc(C(=O)O)c1Cl. The lowest BCUT2D eigenvalue weighted by Crippen LogP contribution is -2.05. The lowest BCUT2D eigenvalue weighted by atomic mass is 10.2. The van der Waals surface area contributed by atoms with E-state index in [2.05, 4.69) is 15.0 Å². The Bertz CT molecular complexity index is 574. The second-order valence-corrected chi connectivity index (χ2v) is 3.57. The van der Waals surface area contributed by atoms with E-state index in [0.29, 0.717) is 11.3 Å². The van der Waals surface area contributed by atoms with E-state index < -0.39 is 5.97 Å². The molecule has 6 nitrogen and oxygen atoms in total. The molecule has 7 heteroatoms. The first-order valence-corrected chi connectivity index (χ1v) is 4.92. The van der Waals surface area contributed by atoms with Crippen LogP contribution in [0.5, 0.6) is 0 Å². The number of nitrogen functional groups attached to an aromatic ring is 1. The Morgan fingerprint density at radius 1 is 1.35 bits per heavy atom. The van der Waals surface area contributed by atoms with Gasteiger partial charge in [0.1, 0.15) is 6.33 Å². The molecule has 0 aliphatic rings. The van der Waals surface area contributed by atoms with Crippen LogP contribution in [0.15, 0.2) is 24.8 Å². The first kappa shape index (κ1) is 11.3. The third-order valence-corrected chi connectivity index (χ3v) is 2.44. The van der Waals surface area contributed by atoms with E-state index in [1.165, 1.54) is 24.8 Å². The van der Waals surface area contributed by atoms with Crippen LogP contribution in [-0.4, -0.2) is 26.0 Å². The summed E-state index contributed by atoms with van der Waals surface area (Å²) in [6.45, 7) is 0. The van der Waals surface area contributed by atoms with Crippen LogP contribution in [0.25, 0.3) is 11.3 Å². The molecular formula is C10H7ClN4O2. The summed E-state index contributed by atoms with van der Waals surface area (Å²) in [5.41, 5.74) is 6.42. The third-order valence-electron chi connectivity index (χ3n) is 2.04. The van der Waals surface area contributed by atoms with Gasteiger partial charge in [-0.15, -0.1) is 0 Å². The topological polar surface area (TPSA) is 102 Å². The third kappa shape index (κ3) is 2.16. The number of aromatic carboxylic acids is 1. The number of carboxylic acids is 1. The highest BCUT2D eigenvalue weighted by Gasteiger charge is 2.15. The predicted molar refractivity (Wildman–Crippen MR) is 61.6 cm³/mol. The maximum atomic E-state index is 10.9. The molecular weight excluding hydrogens is 244 g/mol. The van der Waals surface area contributed by atoms with Crippen LogP contribution in [-0.2, 0) is 0 Å². The Labute approximate surface area is 101 Å². The minimum atomic E-state index is -1.24. The van der Waals surface area contributed by atoms with E-state index in [0.717, 1.165) is 0 Å². The van der Waals surface area contributed by atoms with E-state index in [1.807, 2.05) is 0 Å². The van der Waals surface area contributed by atoms with Crippen molar-refractivity contribution in [1.82, 2.24) is 15.0 Å². The van der Waals surface area contributed by atoms with Crippen LogP contribution < -0.4 is 5.73 Å². The number of aromatic nitrogens is 3. The number of carbonyl (C=O) groups is 1. The van der Waals surface area contributed by atoms with E-state index in [4.69, 9.17) is 22.4 Å². The molecule has 0 saturated carbocycles. The first-order valence-electron chi connectivity index (χ1n) is 4.54. The zero-order valence-corrected chi connectivity index (χ0v) is 9.22. The fourth-order valence-electron chi connectivity index (χ4n) is 1.27. The number of nitrogens with zero attached hydrogens (tertiary/aromatic N) is 3. The average Bonchev–Trinajstić information content (AvgIpc) is 2.33. The van der Waals surface area contributed by atoms with Gasteiger partial charge in [-0.2, -0.15) is 0 Å². The molecule has 0 saturated heterocycles.